The Kier molecular flexibility index (Phi) is 3.23. The van der Waals surface area contributed by atoms with Gasteiger partial charge in [-0.1, -0.05) is 11.6 Å². The van der Waals surface area contributed by atoms with Gasteiger partial charge in [-0.25, -0.2) is 0 Å². The third-order valence-electron chi connectivity index (χ3n) is 2.73. The molecule has 1 aliphatic heterocycles. The molecular weight excluding hydrogens is 230 g/mol. The Morgan fingerprint density at radius 1 is 1.44 bits per heavy atom. The molecule has 0 spiro atoms. The molecule has 0 bridgehead atoms. The number of morpholine rings is 1. The molecule has 0 saturated carbocycles. The summed E-state index contributed by atoms with van der Waals surface area (Å²) in [6, 6.07) is 1.65. The summed E-state index contributed by atoms with van der Waals surface area (Å²) >= 11 is 5.84. The van der Waals surface area contributed by atoms with Crippen molar-refractivity contribution in [3.63, 3.8) is 0 Å². The fourth-order valence-electron chi connectivity index (χ4n) is 1.81. The standard InChI is InChI=1S/C11H14ClNO3/c1-6-4-7(8-5-16-3-2-13-8)11(15)9(12)10(6)14/h4,8,13-15H,2-3,5H2,1H3. The summed E-state index contributed by atoms with van der Waals surface area (Å²) in [7, 11) is 0. The van der Waals surface area contributed by atoms with Crippen LogP contribution in [0.25, 0.3) is 0 Å². The monoisotopic (exact) mass is 243 g/mol. The Morgan fingerprint density at radius 3 is 2.81 bits per heavy atom. The minimum atomic E-state index is -0.0782. The van der Waals surface area contributed by atoms with Crippen LogP contribution in [0.1, 0.15) is 17.2 Å². The second kappa shape index (κ2) is 4.49. The molecule has 1 heterocycles. The lowest BCUT2D eigenvalue weighted by Crippen LogP contribution is -2.34. The molecule has 0 radical (unpaired) electrons. The summed E-state index contributed by atoms with van der Waals surface area (Å²) < 4.78 is 5.32. The molecule has 1 aromatic rings. The van der Waals surface area contributed by atoms with Crippen LogP contribution in [0.2, 0.25) is 5.02 Å². The molecule has 1 aromatic carbocycles. The zero-order valence-corrected chi connectivity index (χ0v) is 9.71. The largest absolute Gasteiger partial charge is 0.506 e. The molecule has 4 nitrogen and oxygen atoms in total. The van der Waals surface area contributed by atoms with E-state index in [1.165, 1.54) is 0 Å². The highest BCUT2D eigenvalue weighted by Crippen LogP contribution is 2.40. The molecule has 88 valence electrons. The number of rotatable bonds is 1. The van der Waals surface area contributed by atoms with Gasteiger partial charge in [0, 0.05) is 12.1 Å². The average molecular weight is 244 g/mol. The molecule has 1 saturated heterocycles. The molecule has 2 rings (SSSR count). The van der Waals surface area contributed by atoms with E-state index in [0.29, 0.717) is 24.3 Å². The van der Waals surface area contributed by atoms with E-state index in [-0.39, 0.29) is 22.6 Å². The van der Waals surface area contributed by atoms with Crippen LogP contribution in [0.4, 0.5) is 0 Å². The van der Waals surface area contributed by atoms with Gasteiger partial charge in [0.25, 0.3) is 0 Å². The van der Waals surface area contributed by atoms with Crippen LogP contribution >= 0.6 is 11.6 Å². The van der Waals surface area contributed by atoms with Gasteiger partial charge in [0.05, 0.1) is 19.3 Å². The number of halogens is 1. The van der Waals surface area contributed by atoms with Gasteiger partial charge in [-0.3, -0.25) is 0 Å². The number of hydrogen-bond donors (Lipinski definition) is 3. The highest BCUT2D eigenvalue weighted by molar-refractivity contribution is 6.33. The Morgan fingerprint density at radius 2 is 2.19 bits per heavy atom. The summed E-state index contributed by atoms with van der Waals surface area (Å²) in [6.45, 7) is 3.64. The number of ether oxygens (including phenoxy) is 1. The maximum Gasteiger partial charge on any atom is 0.142 e. The Balaban J connectivity index is 2.40. The predicted molar refractivity (Wildman–Crippen MR) is 61.1 cm³/mol. The quantitative estimate of drug-likeness (QED) is 0.703. The van der Waals surface area contributed by atoms with E-state index in [0.717, 1.165) is 6.54 Å². The first-order valence-electron chi connectivity index (χ1n) is 5.13. The minimum Gasteiger partial charge on any atom is -0.506 e. The van der Waals surface area contributed by atoms with Crippen molar-refractivity contribution in [2.24, 2.45) is 0 Å². The van der Waals surface area contributed by atoms with Gasteiger partial charge in [0.2, 0.25) is 0 Å². The molecule has 1 atom stereocenters. The zero-order chi connectivity index (χ0) is 11.7. The van der Waals surface area contributed by atoms with Crippen molar-refractivity contribution in [1.29, 1.82) is 0 Å². The molecule has 1 unspecified atom stereocenters. The highest BCUT2D eigenvalue weighted by atomic mass is 35.5. The van der Waals surface area contributed by atoms with Gasteiger partial charge in [-0.15, -0.1) is 0 Å². The molecule has 1 fully saturated rings. The number of phenolic OH excluding ortho intramolecular Hbond substituents is 2. The lowest BCUT2D eigenvalue weighted by molar-refractivity contribution is 0.0760. The van der Waals surface area contributed by atoms with Crippen LogP contribution in [-0.2, 0) is 4.74 Å². The second-order valence-corrected chi connectivity index (χ2v) is 4.25. The smallest absolute Gasteiger partial charge is 0.142 e. The number of aryl methyl sites for hydroxylation is 1. The lowest BCUT2D eigenvalue weighted by atomic mass is 10.0. The average Bonchev–Trinajstić information content (AvgIpc) is 2.32. The van der Waals surface area contributed by atoms with Crippen molar-refractivity contribution in [2.75, 3.05) is 19.8 Å². The Bertz CT molecular complexity index is 403. The van der Waals surface area contributed by atoms with Crippen LogP contribution in [0.3, 0.4) is 0 Å². The second-order valence-electron chi connectivity index (χ2n) is 3.88. The summed E-state index contributed by atoms with van der Waals surface area (Å²) in [5.41, 5.74) is 1.31. The van der Waals surface area contributed by atoms with Crippen LogP contribution in [0.15, 0.2) is 6.07 Å². The van der Waals surface area contributed by atoms with Gasteiger partial charge in [-0.2, -0.15) is 0 Å². The summed E-state index contributed by atoms with van der Waals surface area (Å²) in [5.74, 6) is -0.146. The topological polar surface area (TPSA) is 61.7 Å². The highest BCUT2D eigenvalue weighted by Gasteiger charge is 2.22. The molecular formula is C11H14ClNO3. The molecule has 0 aliphatic carbocycles. The number of benzene rings is 1. The number of hydrogen-bond acceptors (Lipinski definition) is 4. The van der Waals surface area contributed by atoms with Gasteiger partial charge >= 0.3 is 0 Å². The van der Waals surface area contributed by atoms with E-state index >= 15 is 0 Å². The Hall–Kier alpha value is -0.970. The number of aromatic hydroxyl groups is 2. The van der Waals surface area contributed by atoms with E-state index in [9.17, 15) is 10.2 Å². The SMILES string of the molecule is Cc1cc(C2COCCN2)c(O)c(Cl)c1O. The van der Waals surface area contributed by atoms with Crippen LogP contribution in [-0.4, -0.2) is 30.0 Å². The normalized spacial score (nSPS) is 21.0. The molecule has 1 aliphatic rings. The molecule has 5 heteroatoms. The van der Waals surface area contributed by atoms with Crippen molar-refractivity contribution >= 4 is 11.6 Å². The minimum absolute atomic E-state index is 0.00220. The first-order chi connectivity index (χ1) is 7.61. The number of phenols is 2. The van der Waals surface area contributed by atoms with E-state index in [4.69, 9.17) is 16.3 Å². The number of nitrogens with one attached hydrogen (secondary N) is 1. The van der Waals surface area contributed by atoms with Crippen molar-refractivity contribution in [1.82, 2.24) is 5.32 Å². The predicted octanol–water partition coefficient (Wildman–Crippen LogP) is 1.72. The first-order valence-corrected chi connectivity index (χ1v) is 5.51. The maximum absolute atomic E-state index is 9.87. The van der Waals surface area contributed by atoms with E-state index in [2.05, 4.69) is 5.32 Å². The van der Waals surface area contributed by atoms with Crippen LogP contribution in [0.5, 0.6) is 11.5 Å². The van der Waals surface area contributed by atoms with Crippen LogP contribution < -0.4 is 5.32 Å². The van der Waals surface area contributed by atoms with Crippen molar-refractivity contribution in [3.05, 3.63) is 22.2 Å². The van der Waals surface area contributed by atoms with E-state index < -0.39 is 0 Å². The van der Waals surface area contributed by atoms with Crippen molar-refractivity contribution < 1.29 is 14.9 Å². The van der Waals surface area contributed by atoms with Crippen molar-refractivity contribution in [3.8, 4) is 11.5 Å². The fraction of sp³-hybridized carbons (Fsp3) is 0.455. The summed E-state index contributed by atoms with van der Waals surface area (Å²) in [5, 5.41) is 22.7. The molecule has 16 heavy (non-hydrogen) atoms. The molecule has 3 N–H and O–H groups in total. The maximum atomic E-state index is 9.87. The summed E-state index contributed by atoms with van der Waals surface area (Å²) in [4.78, 5) is 0. The molecule has 0 amide bonds. The van der Waals surface area contributed by atoms with E-state index in [1.54, 1.807) is 13.0 Å². The van der Waals surface area contributed by atoms with Gasteiger partial charge in [0.15, 0.2) is 0 Å². The van der Waals surface area contributed by atoms with Crippen LogP contribution in [0, 0.1) is 6.92 Å². The fourth-order valence-corrected chi connectivity index (χ4v) is 2.07. The Labute approximate surface area is 98.8 Å². The van der Waals surface area contributed by atoms with Gasteiger partial charge in [0.1, 0.15) is 16.5 Å². The van der Waals surface area contributed by atoms with Gasteiger partial charge in [-0.05, 0) is 18.6 Å². The zero-order valence-electron chi connectivity index (χ0n) is 8.96. The summed E-state index contributed by atoms with van der Waals surface area (Å²) in [6.07, 6.45) is 0. The third-order valence-corrected chi connectivity index (χ3v) is 3.09. The van der Waals surface area contributed by atoms with Gasteiger partial charge < -0.3 is 20.3 Å². The molecule has 0 aromatic heterocycles. The lowest BCUT2D eigenvalue weighted by Gasteiger charge is -2.25. The van der Waals surface area contributed by atoms with E-state index in [1.807, 2.05) is 0 Å². The first kappa shape index (κ1) is 11.5. The third kappa shape index (κ3) is 1.96. The van der Waals surface area contributed by atoms with Crippen molar-refractivity contribution in [2.45, 2.75) is 13.0 Å².